The minimum absolute atomic E-state index is 0.404. The van der Waals surface area contributed by atoms with Crippen LogP contribution in [0.2, 0.25) is 0 Å². The lowest BCUT2D eigenvalue weighted by atomic mass is 10.1. The zero-order valence-corrected chi connectivity index (χ0v) is 12.8. The molecule has 0 atom stereocenters. The van der Waals surface area contributed by atoms with E-state index in [9.17, 15) is 0 Å². The number of nitrogens with two attached hydrogens (primary N) is 1. The molecule has 0 aliphatic rings. The van der Waals surface area contributed by atoms with Crippen molar-refractivity contribution in [1.29, 1.82) is 0 Å². The van der Waals surface area contributed by atoms with Crippen molar-refractivity contribution in [3.05, 3.63) is 64.7 Å². The van der Waals surface area contributed by atoms with Crippen LogP contribution >= 0.6 is 11.8 Å². The average Bonchev–Trinajstić information content (AvgIpc) is 2.47. The van der Waals surface area contributed by atoms with Crippen LogP contribution in [0.15, 0.2) is 47.4 Å². The highest BCUT2D eigenvalue weighted by molar-refractivity contribution is 7.98. The van der Waals surface area contributed by atoms with Crippen molar-refractivity contribution in [3.63, 3.8) is 0 Å². The van der Waals surface area contributed by atoms with Crippen LogP contribution in [-0.2, 0) is 5.75 Å². The number of hydrogen-bond donors (Lipinski definition) is 1. The molecule has 1 nitrogen and oxygen atoms in total. The SMILES string of the molecule is Cc1ccc(SCc2cccc(C#CCN)c2)cc1C. The van der Waals surface area contributed by atoms with Gasteiger partial charge in [-0.2, -0.15) is 0 Å². The Hall–Kier alpha value is -1.69. The first-order chi connectivity index (χ1) is 9.69. The largest absolute Gasteiger partial charge is 0.320 e. The van der Waals surface area contributed by atoms with E-state index in [1.165, 1.54) is 21.6 Å². The zero-order chi connectivity index (χ0) is 14.4. The smallest absolute Gasteiger partial charge is 0.0555 e. The van der Waals surface area contributed by atoms with Crippen molar-refractivity contribution in [2.24, 2.45) is 5.73 Å². The van der Waals surface area contributed by atoms with E-state index in [4.69, 9.17) is 5.73 Å². The fraction of sp³-hybridized carbons (Fsp3) is 0.222. The molecule has 0 heterocycles. The zero-order valence-electron chi connectivity index (χ0n) is 11.9. The molecule has 0 amide bonds. The van der Waals surface area contributed by atoms with Crippen LogP contribution in [-0.4, -0.2) is 6.54 Å². The van der Waals surface area contributed by atoms with Gasteiger partial charge in [0.1, 0.15) is 0 Å². The van der Waals surface area contributed by atoms with E-state index in [0.717, 1.165) is 11.3 Å². The fourth-order valence-corrected chi connectivity index (χ4v) is 2.80. The first-order valence-corrected chi connectivity index (χ1v) is 7.65. The lowest BCUT2D eigenvalue weighted by Crippen LogP contribution is -1.93. The summed E-state index contributed by atoms with van der Waals surface area (Å²) in [7, 11) is 0. The van der Waals surface area contributed by atoms with Crippen LogP contribution < -0.4 is 5.73 Å². The Bertz CT molecular complexity index is 650. The summed E-state index contributed by atoms with van der Waals surface area (Å²) >= 11 is 1.86. The number of thioether (sulfide) groups is 1. The normalized spacial score (nSPS) is 9.95. The van der Waals surface area contributed by atoms with Crippen LogP contribution in [0.25, 0.3) is 0 Å². The summed E-state index contributed by atoms with van der Waals surface area (Å²) in [5.74, 6) is 6.92. The maximum Gasteiger partial charge on any atom is 0.0555 e. The maximum absolute atomic E-state index is 5.40. The quantitative estimate of drug-likeness (QED) is 0.682. The highest BCUT2D eigenvalue weighted by atomic mass is 32.2. The summed E-state index contributed by atoms with van der Waals surface area (Å²) in [4.78, 5) is 1.31. The summed E-state index contributed by atoms with van der Waals surface area (Å²) in [5.41, 5.74) is 10.4. The molecule has 0 spiro atoms. The lowest BCUT2D eigenvalue weighted by Gasteiger charge is -2.05. The number of aryl methyl sites for hydroxylation is 2. The van der Waals surface area contributed by atoms with E-state index in [1.54, 1.807) is 0 Å². The second-order valence-corrected chi connectivity index (χ2v) is 5.79. The Balaban J connectivity index is 2.05. The molecule has 2 aromatic carbocycles. The van der Waals surface area contributed by atoms with E-state index >= 15 is 0 Å². The van der Waals surface area contributed by atoms with E-state index in [1.807, 2.05) is 17.8 Å². The van der Waals surface area contributed by atoms with Crippen molar-refractivity contribution in [1.82, 2.24) is 0 Å². The van der Waals surface area contributed by atoms with Gasteiger partial charge in [-0.15, -0.1) is 11.8 Å². The maximum atomic E-state index is 5.40. The third kappa shape index (κ3) is 4.16. The standard InChI is InChI=1S/C18H19NS/c1-14-8-9-18(11-15(14)2)20-13-17-6-3-5-16(12-17)7-4-10-19/h3,5-6,8-9,11-12H,10,13,19H2,1-2H3. The second-order valence-electron chi connectivity index (χ2n) is 4.74. The van der Waals surface area contributed by atoms with Crippen molar-refractivity contribution in [3.8, 4) is 11.8 Å². The molecule has 2 N–H and O–H groups in total. The van der Waals surface area contributed by atoms with E-state index in [2.05, 4.69) is 62.1 Å². The fourth-order valence-electron chi connectivity index (χ4n) is 1.86. The summed E-state index contributed by atoms with van der Waals surface area (Å²) in [6.07, 6.45) is 0. The first-order valence-electron chi connectivity index (χ1n) is 6.67. The predicted octanol–water partition coefficient (Wildman–Crippen LogP) is 3.91. The van der Waals surface area contributed by atoms with Gasteiger partial charge in [-0.1, -0.05) is 30.0 Å². The van der Waals surface area contributed by atoms with Gasteiger partial charge in [-0.05, 0) is 54.8 Å². The molecule has 0 bridgehead atoms. The summed E-state index contributed by atoms with van der Waals surface area (Å²) in [5, 5.41) is 0. The van der Waals surface area contributed by atoms with Gasteiger partial charge in [-0.25, -0.2) is 0 Å². The Morgan fingerprint density at radius 3 is 2.65 bits per heavy atom. The van der Waals surface area contributed by atoms with Gasteiger partial charge in [-0.3, -0.25) is 0 Å². The van der Waals surface area contributed by atoms with Gasteiger partial charge >= 0.3 is 0 Å². The summed E-state index contributed by atoms with van der Waals surface area (Å²) < 4.78 is 0. The third-order valence-corrected chi connectivity index (χ3v) is 4.21. The molecule has 20 heavy (non-hydrogen) atoms. The van der Waals surface area contributed by atoms with Crippen molar-refractivity contribution in [2.75, 3.05) is 6.54 Å². The van der Waals surface area contributed by atoms with Gasteiger partial charge < -0.3 is 5.73 Å². The first kappa shape index (κ1) is 14.7. The molecule has 0 saturated heterocycles. The van der Waals surface area contributed by atoms with Crippen LogP contribution in [0.1, 0.15) is 22.3 Å². The highest BCUT2D eigenvalue weighted by Gasteiger charge is 1.99. The molecule has 2 rings (SSSR count). The molecule has 0 saturated carbocycles. The molecular formula is C18H19NS. The Morgan fingerprint density at radius 2 is 1.90 bits per heavy atom. The molecular weight excluding hydrogens is 262 g/mol. The van der Waals surface area contributed by atoms with Gasteiger partial charge in [0, 0.05) is 16.2 Å². The molecule has 0 unspecified atom stereocenters. The third-order valence-electron chi connectivity index (χ3n) is 3.15. The van der Waals surface area contributed by atoms with Crippen LogP contribution in [0, 0.1) is 25.7 Å². The van der Waals surface area contributed by atoms with E-state index in [0.29, 0.717) is 6.54 Å². The molecule has 102 valence electrons. The van der Waals surface area contributed by atoms with Crippen molar-refractivity contribution >= 4 is 11.8 Å². The minimum atomic E-state index is 0.404. The van der Waals surface area contributed by atoms with E-state index in [-0.39, 0.29) is 0 Å². The number of hydrogen-bond acceptors (Lipinski definition) is 2. The van der Waals surface area contributed by atoms with Crippen molar-refractivity contribution < 1.29 is 0 Å². The predicted molar refractivity (Wildman–Crippen MR) is 87.9 cm³/mol. The average molecular weight is 281 g/mol. The molecule has 2 heteroatoms. The van der Waals surface area contributed by atoms with Crippen LogP contribution in [0.4, 0.5) is 0 Å². The molecule has 0 aliphatic heterocycles. The topological polar surface area (TPSA) is 26.0 Å². The van der Waals surface area contributed by atoms with Crippen molar-refractivity contribution in [2.45, 2.75) is 24.5 Å². The monoisotopic (exact) mass is 281 g/mol. The molecule has 0 radical (unpaired) electrons. The Kier molecular flexibility index (Phi) is 5.29. The van der Waals surface area contributed by atoms with Gasteiger partial charge in [0.15, 0.2) is 0 Å². The van der Waals surface area contributed by atoms with Crippen LogP contribution in [0.5, 0.6) is 0 Å². The minimum Gasteiger partial charge on any atom is -0.320 e. The van der Waals surface area contributed by atoms with E-state index < -0.39 is 0 Å². The molecule has 2 aromatic rings. The second kappa shape index (κ2) is 7.19. The highest BCUT2D eigenvalue weighted by Crippen LogP contribution is 2.25. The van der Waals surface area contributed by atoms with Crippen LogP contribution in [0.3, 0.4) is 0 Å². The molecule has 0 aromatic heterocycles. The number of rotatable bonds is 3. The molecule has 0 fully saturated rings. The van der Waals surface area contributed by atoms with Gasteiger partial charge in [0.25, 0.3) is 0 Å². The lowest BCUT2D eigenvalue weighted by molar-refractivity contribution is 1.27. The number of benzene rings is 2. The molecule has 0 aliphatic carbocycles. The van der Waals surface area contributed by atoms with Gasteiger partial charge in [0.05, 0.1) is 6.54 Å². The summed E-state index contributed by atoms with van der Waals surface area (Å²) in [6, 6.07) is 15.0. The summed E-state index contributed by atoms with van der Waals surface area (Å²) in [6.45, 7) is 4.70. The van der Waals surface area contributed by atoms with Gasteiger partial charge in [0.2, 0.25) is 0 Å². The Morgan fingerprint density at radius 1 is 1.05 bits per heavy atom. The Labute approximate surface area is 125 Å².